The molecule has 3 rings (SSSR count). The first-order valence-electron chi connectivity index (χ1n) is 13.2. The molecular formula is C27H37F. The Morgan fingerprint density at radius 2 is 1.61 bits per heavy atom. The molecular weight excluding hydrogens is 343 g/mol. The minimum Gasteiger partial charge on any atom is -0.206 e. The maximum Gasteiger partial charge on any atom is 0.131 e. The molecule has 1 saturated carbocycles. The fourth-order valence-corrected chi connectivity index (χ4v) is 4.44. The third kappa shape index (κ3) is 5.93. The van der Waals surface area contributed by atoms with E-state index in [0.717, 1.165) is 37.2 Å². The number of halogens is 1. The molecule has 28 heavy (non-hydrogen) atoms. The van der Waals surface area contributed by atoms with Crippen LogP contribution < -0.4 is 0 Å². The zero-order valence-corrected chi connectivity index (χ0v) is 17.5. The third-order valence-corrected chi connectivity index (χ3v) is 6.25. The van der Waals surface area contributed by atoms with E-state index < -0.39 is 5.82 Å². The lowest BCUT2D eigenvalue weighted by Crippen LogP contribution is -2.15. The summed E-state index contributed by atoms with van der Waals surface area (Å²) in [7, 11) is 0. The Morgan fingerprint density at radius 3 is 2.29 bits per heavy atom. The van der Waals surface area contributed by atoms with Crippen molar-refractivity contribution in [1.82, 2.24) is 0 Å². The molecule has 0 nitrogen and oxygen atoms in total. The zero-order chi connectivity index (χ0) is 23.3. The SMILES string of the molecule is [2H]c1cc(CCCC)ccc1-c1c([2H])c([2H])c(CCC2CCC(CCC)CC2)c([2H])c1F. The summed E-state index contributed by atoms with van der Waals surface area (Å²) >= 11 is 0. The smallest absolute Gasteiger partial charge is 0.131 e. The first kappa shape index (κ1) is 16.2. The van der Waals surface area contributed by atoms with Crippen molar-refractivity contribution in [1.29, 1.82) is 0 Å². The Morgan fingerprint density at radius 1 is 0.857 bits per heavy atom. The number of rotatable bonds is 9. The van der Waals surface area contributed by atoms with Gasteiger partial charge in [-0.3, -0.25) is 0 Å². The van der Waals surface area contributed by atoms with Gasteiger partial charge in [0.2, 0.25) is 0 Å². The van der Waals surface area contributed by atoms with E-state index in [0.29, 0.717) is 23.5 Å². The average molecular weight is 385 g/mol. The van der Waals surface area contributed by atoms with Crippen molar-refractivity contribution in [3.05, 3.63) is 59.3 Å². The highest BCUT2D eigenvalue weighted by Gasteiger charge is 2.20. The van der Waals surface area contributed by atoms with Gasteiger partial charge in [-0.15, -0.1) is 0 Å². The lowest BCUT2D eigenvalue weighted by atomic mass is 9.78. The quantitative estimate of drug-likeness (QED) is 0.407. The van der Waals surface area contributed by atoms with E-state index in [-0.39, 0.29) is 29.7 Å². The van der Waals surface area contributed by atoms with Gasteiger partial charge in [0.25, 0.3) is 0 Å². The summed E-state index contributed by atoms with van der Waals surface area (Å²) in [5.41, 5.74) is 1.60. The number of benzene rings is 2. The molecule has 0 heterocycles. The second kappa shape index (κ2) is 10.8. The van der Waals surface area contributed by atoms with Crippen LogP contribution in [0, 0.1) is 17.7 Å². The van der Waals surface area contributed by atoms with E-state index >= 15 is 4.39 Å². The highest BCUT2D eigenvalue weighted by molar-refractivity contribution is 5.64. The van der Waals surface area contributed by atoms with Gasteiger partial charge in [0.1, 0.15) is 5.82 Å². The lowest BCUT2D eigenvalue weighted by molar-refractivity contribution is 0.252. The number of hydrogen-bond acceptors (Lipinski definition) is 0. The molecule has 0 aliphatic heterocycles. The summed E-state index contributed by atoms with van der Waals surface area (Å²) in [6, 6.07) is 4.90. The molecule has 1 fully saturated rings. The fraction of sp³-hybridized carbons (Fsp3) is 0.556. The molecule has 0 radical (unpaired) electrons. The minimum absolute atomic E-state index is 0.0551. The van der Waals surface area contributed by atoms with Crippen LogP contribution in [0.3, 0.4) is 0 Å². The number of hydrogen-bond donors (Lipinski definition) is 0. The molecule has 152 valence electrons. The molecule has 0 bridgehead atoms. The van der Waals surface area contributed by atoms with Crippen LogP contribution in [0.5, 0.6) is 0 Å². The first-order chi connectivity index (χ1) is 15.4. The topological polar surface area (TPSA) is 0 Å². The van der Waals surface area contributed by atoms with E-state index in [1.54, 1.807) is 12.1 Å². The summed E-state index contributed by atoms with van der Waals surface area (Å²) in [4.78, 5) is 0. The fourth-order valence-electron chi connectivity index (χ4n) is 4.44. The summed E-state index contributed by atoms with van der Waals surface area (Å²) in [6.07, 6.45) is 11.7. The van der Waals surface area contributed by atoms with Gasteiger partial charge in [-0.2, -0.15) is 0 Å². The van der Waals surface area contributed by atoms with E-state index in [1.807, 2.05) is 6.07 Å². The lowest BCUT2D eigenvalue weighted by Gasteiger charge is -2.28. The maximum atomic E-state index is 15.3. The summed E-state index contributed by atoms with van der Waals surface area (Å²) in [5, 5.41) is 0. The van der Waals surface area contributed by atoms with E-state index in [2.05, 4.69) is 13.8 Å². The van der Waals surface area contributed by atoms with Crippen LogP contribution >= 0.6 is 0 Å². The average Bonchev–Trinajstić information content (AvgIpc) is 2.79. The van der Waals surface area contributed by atoms with Crippen molar-refractivity contribution in [3.63, 3.8) is 0 Å². The highest BCUT2D eigenvalue weighted by Crippen LogP contribution is 2.34. The Hall–Kier alpha value is -1.63. The third-order valence-electron chi connectivity index (χ3n) is 6.25. The normalized spacial score (nSPS) is 21.7. The molecule has 2 aromatic carbocycles. The highest BCUT2D eigenvalue weighted by atomic mass is 19.1. The van der Waals surface area contributed by atoms with E-state index in [9.17, 15) is 0 Å². The summed E-state index contributed by atoms with van der Waals surface area (Å²) in [6.45, 7) is 4.35. The van der Waals surface area contributed by atoms with Crippen LogP contribution in [0.1, 0.15) is 88.2 Å². The molecule has 1 heteroatoms. The summed E-state index contributed by atoms with van der Waals surface area (Å²) < 4.78 is 49.0. The summed E-state index contributed by atoms with van der Waals surface area (Å²) in [5.74, 6) is 0.635. The van der Waals surface area contributed by atoms with Gasteiger partial charge in [0.15, 0.2) is 0 Å². The monoisotopic (exact) mass is 384 g/mol. The largest absolute Gasteiger partial charge is 0.206 e. The molecule has 0 unspecified atom stereocenters. The number of unbranched alkanes of at least 4 members (excludes halogenated alkanes) is 1. The van der Waals surface area contributed by atoms with Gasteiger partial charge in [-0.05, 0) is 60.3 Å². The van der Waals surface area contributed by atoms with Crippen LogP contribution in [-0.4, -0.2) is 0 Å². The second-order valence-electron chi connectivity index (χ2n) is 8.47. The molecule has 1 aliphatic rings. The van der Waals surface area contributed by atoms with Crippen molar-refractivity contribution < 1.29 is 9.87 Å². The molecule has 0 spiro atoms. The second-order valence-corrected chi connectivity index (χ2v) is 8.47. The molecule has 0 atom stereocenters. The van der Waals surface area contributed by atoms with Crippen LogP contribution in [0.25, 0.3) is 11.1 Å². The predicted molar refractivity (Wildman–Crippen MR) is 119 cm³/mol. The Bertz CT molecular complexity index is 887. The Labute approximate surface area is 177 Å². The van der Waals surface area contributed by atoms with Gasteiger partial charge in [0.05, 0.1) is 5.48 Å². The zero-order valence-electron chi connectivity index (χ0n) is 21.5. The van der Waals surface area contributed by atoms with Crippen molar-refractivity contribution in [2.45, 2.75) is 84.5 Å². The van der Waals surface area contributed by atoms with Gasteiger partial charge in [-0.1, -0.05) is 95.1 Å². The first-order valence-corrected chi connectivity index (χ1v) is 11.2. The van der Waals surface area contributed by atoms with Crippen molar-refractivity contribution in [2.75, 3.05) is 0 Å². The van der Waals surface area contributed by atoms with Crippen molar-refractivity contribution >= 4 is 0 Å². The minimum atomic E-state index is -0.762. The van der Waals surface area contributed by atoms with Gasteiger partial charge in [0, 0.05) is 5.56 Å². The van der Waals surface area contributed by atoms with Gasteiger partial charge in [-0.25, -0.2) is 4.39 Å². The molecule has 0 amide bonds. The predicted octanol–water partition coefficient (Wildman–Crippen LogP) is 8.37. The maximum absolute atomic E-state index is 15.3. The van der Waals surface area contributed by atoms with Crippen LogP contribution in [0.2, 0.25) is 0 Å². The Balaban J connectivity index is 1.79. The van der Waals surface area contributed by atoms with Gasteiger partial charge >= 0.3 is 0 Å². The molecule has 0 N–H and O–H groups in total. The van der Waals surface area contributed by atoms with Crippen molar-refractivity contribution in [3.8, 4) is 11.1 Å². The molecule has 0 aromatic heterocycles. The van der Waals surface area contributed by atoms with Crippen molar-refractivity contribution in [2.24, 2.45) is 11.8 Å². The molecule has 2 aromatic rings. The molecule has 1 aliphatic carbocycles. The van der Waals surface area contributed by atoms with E-state index in [1.165, 1.54) is 38.5 Å². The standard InChI is InChI=1S/C27H37F/c1-3-5-7-22-14-17-25(18-15-22)26-19-16-24(20-27(26)28)13-12-23-10-8-21(6-4-2)9-11-23/h14-21,23H,3-13H2,1-2H3/i16D,17D,19D,20D. The van der Waals surface area contributed by atoms with E-state index in [4.69, 9.17) is 5.48 Å². The number of aryl methyl sites for hydroxylation is 1. The van der Waals surface area contributed by atoms with Gasteiger partial charge < -0.3 is 0 Å². The van der Waals surface area contributed by atoms with Crippen LogP contribution in [0.15, 0.2) is 42.4 Å². The van der Waals surface area contributed by atoms with Crippen LogP contribution in [0.4, 0.5) is 4.39 Å². The molecule has 0 saturated heterocycles. The van der Waals surface area contributed by atoms with Crippen LogP contribution in [-0.2, 0) is 12.8 Å². The Kier molecular flexibility index (Phi) is 6.24.